The van der Waals surface area contributed by atoms with Crippen LogP contribution in [0, 0.1) is 5.82 Å². The van der Waals surface area contributed by atoms with E-state index in [1.807, 2.05) is 0 Å². The summed E-state index contributed by atoms with van der Waals surface area (Å²) in [6.45, 7) is 0.0664. The molecule has 1 atom stereocenters. The zero-order valence-corrected chi connectivity index (χ0v) is 14.2. The molecule has 0 bridgehead atoms. The second kappa shape index (κ2) is 8.61. The van der Waals surface area contributed by atoms with Crippen molar-refractivity contribution < 1.29 is 31.9 Å². The SMILES string of the molecule is CC(CC(=O)c1ccc(F)cc1)NC(=O)c1cccc(OCC(F)(F)F)n1. The number of halogens is 4. The van der Waals surface area contributed by atoms with Crippen LogP contribution in [0.1, 0.15) is 34.2 Å². The summed E-state index contributed by atoms with van der Waals surface area (Å²) < 4.78 is 53.9. The van der Waals surface area contributed by atoms with Gasteiger partial charge in [-0.25, -0.2) is 9.37 Å². The van der Waals surface area contributed by atoms with Crippen LogP contribution in [-0.2, 0) is 0 Å². The number of pyridine rings is 1. The van der Waals surface area contributed by atoms with E-state index < -0.39 is 30.5 Å². The second-order valence-electron chi connectivity index (χ2n) is 5.77. The van der Waals surface area contributed by atoms with Gasteiger partial charge in [0.25, 0.3) is 5.91 Å². The van der Waals surface area contributed by atoms with Gasteiger partial charge in [-0.3, -0.25) is 9.59 Å². The molecule has 0 saturated heterocycles. The molecule has 0 fully saturated rings. The van der Waals surface area contributed by atoms with E-state index >= 15 is 0 Å². The van der Waals surface area contributed by atoms with Gasteiger partial charge in [0, 0.05) is 24.1 Å². The van der Waals surface area contributed by atoms with Crippen LogP contribution in [0.4, 0.5) is 17.6 Å². The van der Waals surface area contributed by atoms with E-state index in [1.165, 1.54) is 30.3 Å². The molecule has 9 heteroatoms. The topological polar surface area (TPSA) is 68.3 Å². The number of nitrogens with zero attached hydrogens (tertiary/aromatic N) is 1. The van der Waals surface area contributed by atoms with Crippen LogP contribution in [0.3, 0.4) is 0 Å². The summed E-state index contributed by atoms with van der Waals surface area (Å²) in [5.41, 5.74) is 0.161. The largest absolute Gasteiger partial charge is 0.468 e. The third-order valence-corrected chi connectivity index (χ3v) is 3.38. The van der Waals surface area contributed by atoms with Crippen molar-refractivity contribution in [3.8, 4) is 5.88 Å². The Morgan fingerprint density at radius 2 is 1.81 bits per heavy atom. The lowest BCUT2D eigenvalue weighted by Gasteiger charge is -2.14. The Morgan fingerprint density at radius 1 is 1.15 bits per heavy atom. The Labute approximate surface area is 152 Å². The third kappa shape index (κ3) is 6.69. The standard InChI is InChI=1S/C18H16F4N2O3/c1-11(9-15(25)12-5-7-13(19)8-6-12)23-17(26)14-3-2-4-16(24-14)27-10-18(20,21)22/h2-8,11H,9-10H2,1H3,(H,23,26). The van der Waals surface area contributed by atoms with Crippen LogP contribution >= 0.6 is 0 Å². The molecule has 1 unspecified atom stereocenters. The molecule has 1 aromatic heterocycles. The van der Waals surface area contributed by atoms with Crippen LogP contribution in [0.2, 0.25) is 0 Å². The average Bonchev–Trinajstić information content (AvgIpc) is 2.60. The van der Waals surface area contributed by atoms with E-state index in [1.54, 1.807) is 6.92 Å². The van der Waals surface area contributed by atoms with Gasteiger partial charge in [0.15, 0.2) is 12.4 Å². The molecule has 1 heterocycles. The number of nitrogens with one attached hydrogen (secondary N) is 1. The molecule has 2 rings (SSSR count). The summed E-state index contributed by atoms with van der Waals surface area (Å²) in [4.78, 5) is 28.0. The number of carbonyl (C=O) groups is 2. The Balaban J connectivity index is 1.93. The number of alkyl halides is 3. The number of Topliss-reactive ketones (excluding diaryl/α,β-unsaturated/α-hetero) is 1. The fraction of sp³-hybridized carbons (Fsp3) is 0.278. The van der Waals surface area contributed by atoms with Gasteiger partial charge in [-0.1, -0.05) is 6.07 Å². The van der Waals surface area contributed by atoms with E-state index in [-0.39, 0.29) is 23.8 Å². The first kappa shape index (κ1) is 20.3. The van der Waals surface area contributed by atoms with Crippen molar-refractivity contribution in [2.24, 2.45) is 0 Å². The predicted octanol–water partition coefficient (Wildman–Crippen LogP) is 3.55. The number of hydrogen-bond acceptors (Lipinski definition) is 4. The van der Waals surface area contributed by atoms with Crippen LogP contribution in [0.25, 0.3) is 0 Å². The van der Waals surface area contributed by atoms with Gasteiger partial charge >= 0.3 is 6.18 Å². The zero-order valence-electron chi connectivity index (χ0n) is 14.2. The smallest absolute Gasteiger partial charge is 0.422 e. The van der Waals surface area contributed by atoms with E-state index in [9.17, 15) is 27.2 Å². The van der Waals surface area contributed by atoms with E-state index in [0.717, 1.165) is 12.1 Å². The molecule has 1 aromatic carbocycles. The van der Waals surface area contributed by atoms with Gasteiger partial charge in [-0.2, -0.15) is 13.2 Å². The fourth-order valence-corrected chi connectivity index (χ4v) is 2.16. The van der Waals surface area contributed by atoms with Crippen molar-refractivity contribution in [1.82, 2.24) is 10.3 Å². The Hall–Kier alpha value is -2.97. The number of amides is 1. The molecule has 0 spiro atoms. The van der Waals surface area contributed by atoms with Crippen LogP contribution in [0.5, 0.6) is 5.88 Å². The molecule has 5 nitrogen and oxygen atoms in total. The third-order valence-electron chi connectivity index (χ3n) is 3.38. The number of ether oxygens (including phenoxy) is 1. The van der Waals surface area contributed by atoms with Crippen LogP contribution in [-0.4, -0.2) is 35.5 Å². The van der Waals surface area contributed by atoms with E-state index in [2.05, 4.69) is 15.0 Å². The van der Waals surface area contributed by atoms with Crippen molar-refractivity contribution in [3.63, 3.8) is 0 Å². The molecule has 0 aliphatic carbocycles. The van der Waals surface area contributed by atoms with Gasteiger partial charge in [-0.05, 0) is 37.3 Å². The summed E-state index contributed by atoms with van der Waals surface area (Å²) >= 11 is 0. The molecule has 1 amide bonds. The monoisotopic (exact) mass is 384 g/mol. The molecule has 0 radical (unpaired) electrons. The Morgan fingerprint density at radius 3 is 2.44 bits per heavy atom. The molecule has 0 aliphatic rings. The molecule has 1 N–H and O–H groups in total. The number of benzene rings is 1. The summed E-state index contributed by atoms with van der Waals surface area (Å²) in [7, 11) is 0. The number of rotatable bonds is 7. The van der Waals surface area contributed by atoms with Gasteiger partial charge < -0.3 is 10.1 Å². The highest BCUT2D eigenvalue weighted by molar-refractivity contribution is 5.97. The van der Waals surface area contributed by atoms with Crippen molar-refractivity contribution in [2.45, 2.75) is 25.6 Å². The Kier molecular flexibility index (Phi) is 6.49. The quantitative estimate of drug-likeness (QED) is 0.586. The zero-order chi connectivity index (χ0) is 20.0. The van der Waals surface area contributed by atoms with E-state index in [0.29, 0.717) is 5.56 Å². The Bertz CT molecular complexity index is 807. The van der Waals surface area contributed by atoms with Crippen molar-refractivity contribution in [2.75, 3.05) is 6.61 Å². The summed E-state index contributed by atoms with van der Waals surface area (Å²) in [6, 6.07) is 8.28. The highest BCUT2D eigenvalue weighted by atomic mass is 19.4. The minimum absolute atomic E-state index is 0.0400. The van der Waals surface area contributed by atoms with Crippen molar-refractivity contribution >= 4 is 11.7 Å². The van der Waals surface area contributed by atoms with Crippen LogP contribution in [0.15, 0.2) is 42.5 Å². The first-order valence-electron chi connectivity index (χ1n) is 7.90. The summed E-state index contributed by atoms with van der Waals surface area (Å²) in [5.74, 6) is -1.76. The number of carbonyl (C=O) groups excluding carboxylic acids is 2. The van der Waals surface area contributed by atoms with Crippen molar-refractivity contribution in [3.05, 3.63) is 59.5 Å². The van der Waals surface area contributed by atoms with E-state index in [4.69, 9.17) is 0 Å². The van der Waals surface area contributed by atoms with Gasteiger partial charge in [0.05, 0.1) is 0 Å². The highest BCUT2D eigenvalue weighted by Crippen LogP contribution is 2.17. The minimum atomic E-state index is -4.52. The first-order chi connectivity index (χ1) is 12.6. The maximum atomic E-state index is 12.9. The molecule has 2 aromatic rings. The minimum Gasteiger partial charge on any atom is -0.468 e. The number of aromatic nitrogens is 1. The molecule has 144 valence electrons. The summed E-state index contributed by atoms with van der Waals surface area (Å²) in [5, 5.41) is 2.53. The maximum absolute atomic E-state index is 12.9. The summed E-state index contributed by atoms with van der Waals surface area (Å²) in [6.07, 6.45) is -4.56. The lowest BCUT2D eigenvalue weighted by Crippen LogP contribution is -2.34. The van der Waals surface area contributed by atoms with Gasteiger partial charge in [-0.15, -0.1) is 0 Å². The van der Waals surface area contributed by atoms with Crippen LogP contribution < -0.4 is 10.1 Å². The maximum Gasteiger partial charge on any atom is 0.422 e. The second-order valence-corrected chi connectivity index (χ2v) is 5.77. The predicted molar refractivity (Wildman–Crippen MR) is 88.1 cm³/mol. The fourth-order valence-electron chi connectivity index (χ4n) is 2.16. The number of ketones is 1. The van der Waals surface area contributed by atoms with Gasteiger partial charge in [0.1, 0.15) is 11.5 Å². The highest BCUT2D eigenvalue weighted by Gasteiger charge is 2.28. The normalized spacial score (nSPS) is 12.3. The molecule has 0 saturated carbocycles. The van der Waals surface area contributed by atoms with Crippen molar-refractivity contribution in [1.29, 1.82) is 0 Å². The molecular formula is C18H16F4N2O3. The molecular weight excluding hydrogens is 368 g/mol. The molecule has 0 aliphatic heterocycles. The lowest BCUT2D eigenvalue weighted by atomic mass is 10.0. The first-order valence-corrected chi connectivity index (χ1v) is 7.90. The number of hydrogen-bond donors (Lipinski definition) is 1. The molecule has 27 heavy (non-hydrogen) atoms. The lowest BCUT2D eigenvalue weighted by molar-refractivity contribution is -0.154. The van der Waals surface area contributed by atoms with Gasteiger partial charge in [0.2, 0.25) is 5.88 Å². The average molecular weight is 384 g/mol.